The van der Waals surface area contributed by atoms with Gasteiger partial charge in [0.25, 0.3) is 0 Å². The maximum absolute atomic E-state index is 14.0. The fourth-order valence-corrected chi connectivity index (χ4v) is 5.29. The second kappa shape index (κ2) is 7.94. The molecule has 8 heteroatoms. The minimum atomic E-state index is -0.344. The molecule has 5 rings (SSSR count). The van der Waals surface area contributed by atoms with Gasteiger partial charge in [0.1, 0.15) is 17.0 Å². The lowest BCUT2D eigenvalue weighted by atomic mass is 9.95. The number of fused-ring (bicyclic) bond motifs is 4. The number of methoxy groups -OCH3 is 1. The SMILES string of the molecule is COc1ccc(CCN(C)c2ncnc3c2sc2nc4c(cc23)COC(C)(C)C4)cc1F. The summed E-state index contributed by atoms with van der Waals surface area (Å²) in [5, 5.41) is 1.04. The highest BCUT2D eigenvalue weighted by molar-refractivity contribution is 7.25. The molecule has 0 spiro atoms. The largest absolute Gasteiger partial charge is 0.494 e. The number of hydrogen-bond donors (Lipinski definition) is 0. The van der Waals surface area contributed by atoms with Crippen LogP contribution < -0.4 is 9.64 Å². The molecule has 0 aliphatic carbocycles. The highest BCUT2D eigenvalue weighted by Crippen LogP contribution is 2.38. The summed E-state index contributed by atoms with van der Waals surface area (Å²) in [6, 6.07) is 7.25. The van der Waals surface area contributed by atoms with Gasteiger partial charge in [0.15, 0.2) is 11.6 Å². The van der Waals surface area contributed by atoms with Gasteiger partial charge in [-0.3, -0.25) is 0 Å². The van der Waals surface area contributed by atoms with Gasteiger partial charge < -0.3 is 14.4 Å². The molecule has 6 nitrogen and oxygen atoms in total. The van der Waals surface area contributed by atoms with E-state index in [1.54, 1.807) is 23.7 Å². The summed E-state index contributed by atoms with van der Waals surface area (Å²) < 4.78 is 26.0. The van der Waals surface area contributed by atoms with Gasteiger partial charge in [0.2, 0.25) is 0 Å². The van der Waals surface area contributed by atoms with Crippen LogP contribution >= 0.6 is 11.3 Å². The average Bonchev–Trinajstić information content (AvgIpc) is 3.12. The second-order valence-electron chi connectivity index (χ2n) is 8.79. The molecule has 0 amide bonds. The number of thiophene rings is 1. The van der Waals surface area contributed by atoms with Crippen LogP contribution in [0.1, 0.15) is 30.7 Å². The predicted molar refractivity (Wildman–Crippen MR) is 125 cm³/mol. The van der Waals surface area contributed by atoms with E-state index < -0.39 is 0 Å². The Hall–Kier alpha value is -2.84. The molecule has 0 saturated carbocycles. The van der Waals surface area contributed by atoms with Crippen LogP contribution in [0.5, 0.6) is 5.75 Å². The van der Waals surface area contributed by atoms with Crippen molar-refractivity contribution in [2.45, 2.75) is 38.9 Å². The van der Waals surface area contributed by atoms with Crippen LogP contribution in [0.15, 0.2) is 30.6 Å². The molecule has 4 aromatic rings. The normalized spacial score (nSPS) is 15.2. The standard InChI is InChI=1S/C24H25FN4O2S/c1-24(2)11-18-15(12-31-24)10-16-20-21(32-23(16)28-18)22(27-13-26-20)29(3)8-7-14-5-6-19(30-4)17(25)9-14/h5-6,9-10,13H,7-8,11-12H2,1-4H3. The van der Waals surface area contributed by atoms with E-state index in [1.807, 2.05) is 13.1 Å². The third-order valence-corrected chi connectivity index (χ3v) is 7.00. The molecule has 0 unspecified atom stereocenters. The minimum absolute atomic E-state index is 0.198. The molecular weight excluding hydrogens is 427 g/mol. The lowest BCUT2D eigenvalue weighted by molar-refractivity contribution is -0.0411. The maximum Gasteiger partial charge on any atom is 0.165 e. The van der Waals surface area contributed by atoms with Gasteiger partial charge in [-0.2, -0.15) is 0 Å². The van der Waals surface area contributed by atoms with Crippen molar-refractivity contribution in [3.8, 4) is 5.75 Å². The molecule has 0 radical (unpaired) electrons. The molecule has 4 heterocycles. The third kappa shape index (κ3) is 3.78. The summed E-state index contributed by atoms with van der Waals surface area (Å²) in [5.41, 5.74) is 3.86. The molecular formula is C24H25FN4O2S. The molecule has 0 fully saturated rings. The first-order valence-electron chi connectivity index (χ1n) is 10.6. The maximum atomic E-state index is 14.0. The lowest BCUT2D eigenvalue weighted by Gasteiger charge is -2.30. The lowest BCUT2D eigenvalue weighted by Crippen LogP contribution is -2.32. The highest BCUT2D eigenvalue weighted by atomic mass is 32.1. The Bertz CT molecular complexity index is 1320. The molecule has 0 saturated heterocycles. The van der Waals surface area contributed by atoms with E-state index >= 15 is 0 Å². The molecule has 1 aromatic carbocycles. The molecule has 1 aliphatic heterocycles. The Kier molecular flexibility index (Phi) is 5.22. The topological polar surface area (TPSA) is 60.4 Å². The minimum Gasteiger partial charge on any atom is -0.494 e. The van der Waals surface area contributed by atoms with E-state index in [0.29, 0.717) is 19.6 Å². The van der Waals surface area contributed by atoms with Crippen molar-refractivity contribution in [3.05, 3.63) is 53.2 Å². The van der Waals surface area contributed by atoms with E-state index in [2.05, 4.69) is 34.8 Å². The quantitative estimate of drug-likeness (QED) is 0.429. The van der Waals surface area contributed by atoms with Crippen LogP contribution in [0.3, 0.4) is 0 Å². The van der Waals surface area contributed by atoms with Gasteiger partial charge in [-0.15, -0.1) is 11.3 Å². The molecule has 0 N–H and O–H groups in total. The van der Waals surface area contributed by atoms with Crippen molar-refractivity contribution in [2.24, 2.45) is 0 Å². The van der Waals surface area contributed by atoms with E-state index in [1.165, 1.54) is 13.2 Å². The molecule has 1 aliphatic rings. The smallest absolute Gasteiger partial charge is 0.165 e. The molecule has 0 bridgehead atoms. The zero-order valence-electron chi connectivity index (χ0n) is 18.6. The third-order valence-electron chi connectivity index (χ3n) is 5.92. The number of ether oxygens (including phenoxy) is 2. The van der Waals surface area contributed by atoms with Crippen molar-refractivity contribution in [2.75, 3.05) is 25.6 Å². The molecule has 0 atom stereocenters. The Labute approximate surface area is 190 Å². The number of benzene rings is 1. The van der Waals surface area contributed by atoms with Gasteiger partial charge >= 0.3 is 0 Å². The number of pyridine rings is 1. The Morgan fingerprint density at radius 3 is 2.88 bits per heavy atom. The van der Waals surface area contributed by atoms with Crippen LogP contribution in [0.2, 0.25) is 0 Å². The average molecular weight is 453 g/mol. The van der Waals surface area contributed by atoms with Crippen molar-refractivity contribution in [3.63, 3.8) is 0 Å². The number of halogens is 1. The summed E-state index contributed by atoms with van der Waals surface area (Å²) in [7, 11) is 3.47. The summed E-state index contributed by atoms with van der Waals surface area (Å²) in [5.74, 6) is 0.777. The van der Waals surface area contributed by atoms with Gasteiger partial charge in [0.05, 0.1) is 35.2 Å². The first-order chi connectivity index (χ1) is 15.3. The first kappa shape index (κ1) is 21.0. The predicted octanol–water partition coefficient (Wildman–Crippen LogP) is 4.92. The summed E-state index contributed by atoms with van der Waals surface area (Å²) in [6.45, 7) is 5.46. The summed E-state index contributed by atoms with van der Waals surface area (Å²) >= 11 is 1.62. The Morgan fingerprint density at radius 2 is 2.09 bits per heavy atom. The Morgan fingerprint density at radius 1 is 1.25 bits per heavy atom. The zero-order chi connectivity index (χ0) is 22.5. The first-order valence-corrected chi connectivity index (χ1v) is 11.4. The van der Waals surface area contributed by atoms with E-state index in [4.69, 9.17) is 14.5 Å². The monoisotopic (exact) mass is 452 g/mol. The Balaban J connectivity index is 1.45. The van der Waals surface area contributed by atoms with Crippen LogP contribution in [0.25, 0.3) is 20.4 Å². The fraction of sp³-hybridized carbons (Fsp3) is 0.375. The van der Waals surface area contributed by atoms with Gasteiger partial charge in [-0.1, -0.05) is 6.07 Å². The summed E-state index contributed by atoms with van der Waals surface area (Å²) in [4.78, 5) is 17.2. The van der Waals surface area contributed by atoms with Gasteiger partial charge in [-0.05, 0) is 44.0 Å². The van der Waals surface area contributed by atoms with Crippen molar-refractivity contribution >= 4 is 37.6 Å². The van der Waals surface area contributed by atoms with Crippen LogP contribution in [-0.2, 0) is 24.2 Å². The number of anilines is 1. The second-order valence-corrected chi connectivity index (χ2v) is 9.79. The van der Waals surface area contributed by atoms with E-state index in [-0.39, 0.29) is 17.2 Å². The zero-order valence-corrected chi connectivity index (χ0v) is 19.4. The highest BCUT2D eigenvalue weighted by Gasteiger charge is 2.28. The number of hydrogen-bond acceptors (Lipinski definition) is 7. The summed E-state index contributed by atoms with van der Waals surface area (Å²) in [6.07, 6.45) is 3.09. The number of likely N-dealkylation sites (N-methyl/N-ethyl adjacent to an activating group) is 1. The number of aromatic nitrogens is 3. The van der Waals surface area contributed by atoms with E-state index in [9.17, 15) is 4.39 Å². The molecule has 166 valence electrons. The van der Waals surface area contributed by atoms with Crippen molar-refractivity contribution in [1.82, 2.24) is 15.0 Å². The van der Waals surface area contributed by atoms with Crippen LogP contribution in [-0.4, -0.2) is 41.3 Å². The van der Waals surface area contributed by atoms with Crippen LogP contribution in [0.4, 0.5) is 10.2 Å². The van der Waals surface area contributed by atoms with Crippen LogP contribution in [0, 0.1) is 5.82 Å². The fourth-order valence-electron chi connectivity index (χ4n) is 4.11. The van der Waals surface area contributed by atoms with Gasteiger partial charge in [0, 0.05) is 31.0 Å². The van der Waals surface area contributed by atoms with Crippen molar-refractivity contribution < 1.29 is 13.9 Å². The molecule has 32 heavy (non-hydrogen) atoms. The van der Waals surface area contributed by atoms with Crippen molar-refractivity contribution in [1.29, 1.82) is 0 Å². The van der Waals surface area contributed by atoms with Gasteiger partial charge in [-0.25, -0.2) is 19.3 Å². The van der Waals surface area contributed by atoms with E-state index in [0.717, 1.165) is 49.5 Å². The molecule has 3 aromatic heterocycles. The number of nitrogens with zero attached hydrogens (tertiary/aromatic N) is 4. The number of rotatable bonds is 5.